The van der Waals surface area contributed by atoms with E-state index in [9.17, 15) is 0 Å². The van der Waals surface area contributed by atoms with Crippen LogP contribution in [0.25, 0.3) is 0 Å². The number of rotatable bonds is 3. The zero-order valence-corrected chi connectivity index (χ0v) is 28.6. The molecule has 0 bridgehead atoms. The van der Waals surface area contributed by atoms with Gasteiger partial charge in [-0.05, 0) is 93.0 Å². The molecule has 7 aromatic rings. The maximum Gasteiger partial charge on any atom is 0.0749 e. The van der Waals surface area contributed by atoms with Crippen LogP contribution in [0.1, 0.15) is 44.5 Å². The molecule has 3 heteroatoms. The third kappa shape index (κ3) is 3.94. The first-order chi connectivity index (χ1) is 23.1. The van der Waals surface area contributed by atoms with Crippen molar-refractivity contribution in [1.82, 2.24) is 0 Å². The Morgan fingerprint density at radius 1 is 0.340 bits per heavy atom. The lowest BCUT2D eigenvalue weighted by Crippen LogP contribution is -2.47. The number of hydrogen-bond donors (Lipinski definition) is 0. The maximum absolute atomic E-state index is 3.92. The summed E-state index contributed by atoms with van der Waals surface area (Å²) in [5.74, 6) is 0. The van der Waals surface area contributed by atoms with Crippen LogP contribution in [0.5, 0.6) is 0 Å². The Kier molecular flexibility index (Phi) is 6.64. The van der Waals surface area contributed by atoms with Gasteiger partial charge in [-0.1, -0.05) is 159 Å². The van der Waals surface area contributed by atoms with E-state index >= 15 is 0 Å². The first-order valence-electron chi connectivity index (χ1n) is 15.9. The number of anilines is 3. The fourth-order valence-electron chi connectivity index (χ4n) is 8.45. The molecule has 7 aromatic carbocycles. The summed E-state index contributed by atoms with van der Waals surface area (Å²) in [6.07, 6.45) is 0. The molecular weight excluding hydrogens is 702 g/mol. The van der Waals surface area contributed by atoms with Crippen LogP contribution >= 0.6 is 31.9 Å². The van der Waals surface area contributed by atoms with Gasteiger partial charge in [-0.15, -0.1) is 0 Å². The molecule has 0 saturated carbocycles. The topological polar surface area (TPSA) is 3.24 Å². The summed E-state index contributed by atoms with van der Waals surface area (Å²) < 4.78 is 2.11. The van der Waals surface area contributed by atoms with Gasteiger partial charge in [0.25, 0.3) is 0 Å². The minimum absolute atomic E-state index is 0.532. The van der Waals surface area contributed by atoms with Crippen molar-refractivity contribution in [2.45, 2.75) is 10.8 Å². The molecule has 2 aliphatic rings. The average Bonchev–Trinajstić information content (AvgIpc) is 3.13. The van der Waals surface area contributed by atoms with Crippen molar-refractivity contribution >= 4 is 48.9 Å². The highest BCUT2D eigenvalue weighted by molar-refractivity contribution is 9.10. The second-order valence-corrected chi connectivity index (χ2v) is 14.1. The fraction of sp³-hybridized carbons (Fsp3) is 0.0455. The third-order valence-electron chi connectivity index (χ3n) is 10.1. The Labute approximate surface area is 292 Å². The summed E-state index contributed by atoms with van der Waals surface area (Å²) in [5, 5.41) is 0. The van der Waals surface area contributed by atoms with E-state index in [-0.39, 0.29) is 0 Å². The number of para-hydroxylation sites is 1. The summed E-state index contributed by atoms with van der Waals surface area (Å²) >= 11 is 7.84. The Morgan fingerprint density at radius 2 is 0.702 bits per heavy atom. The molecule has 1 aliphatic heterocycles. The monoisotopic (exact) mass is 729 g/mol. The molecule has 0 radical (unpaired) electrons. The smallest absolute Gasteiger partial charge is 0.0749 e. The molecular formula is C44H29Br2N. The molecule has 1 heterocycles. The van der Waals surface area contributed by atoms with E-state index in [2.05, 4.69) is 213 Å². The van der Waals surface area contributed by atoms with Crippen molar-refractivity contribution in [3.63, 3.8) is 0 Å². The molecule has 0 N–H and O–H groups in total. The van der Waals surface area contributed by atoms with Crippen LogP contribution in [0.4, 0.5) is 17.1 Å². The van der Waals surface area contributed by atoms with Gasteiger partial charge in [-0.25, -0.2) is 0 Å². The second-order valence-electron chi connectivity index (χ2n) is 12.3. The van der Waals surface area contributed by atoms with Gasteiger partial charge >= 0.3 is 0 Å². The molecule has 224 valence electrons. The van der Waals surface area contributed by atoms with E-state index in [0.717, 1.165) is 14.6 Å². The van der Waals surface area contributed by atoms with Crippen molar-refractivity contribution in [1.29, 1.82) is 0 Å². The van der Waals surface area contributed by atoms with Crippen molar-refractivity contribution in [3.8, 4) is 0 Å². The third-order valence-corrected chi connectivity index (χ3v) is 11.1. The van der Waals surface area contributed by atoms with E-state index in [1.165, 1.54) is 55.9 Å². The summed E-state index contributed by atoms with van der Waals surface area (Å²) in [6.45, 7) is 0. The van der Waals surface area contributed by atoms with Gasteiger partial charge < -0.3 is 4.90 Å². The number of nitrogens with zero attached hydrogens (tertiary/aromatic N) is 1. The highest BCUT2D eigenvalue weighted by atomic mass is 79.9. The first kappa shape index (κ1) is 28.5. The van der Waals surface area contributed by atoms with Gasteiger partial charge in [0.05, 0.1) is 22.2 Å². The lowest BCUT2D eigenvalue weighted by molar-refractivity contribution is 0.611. The predicted octanol–water partition coefficient (Wildman–Crippen LogP) is 12.1. The number of halogens is 2. The average molecular weight is 732 g/mol. The number of benzene rings is 7. The van der Waals surface area contributed by atoms with Gasteiger partial charge in [0.15, 0.2) is 0 Å². The largest absolute Gasteiger partial charge is 0.310 e. The van der Waals surface area contributed by atoms with Crippen LogP contribution in [0.15, 0.2) is 185 Å². The molecule has 0 fully saturated rings. The Hall–Kier alpha value is -4.70. The molecule has 1 spiro atoms. The Balaban J connectivity index is 1.51. The van der Waals surface area contributed by atoms with E-state index in [1.807, 2.05) is 0 Å². The SMILES string of the molecule is Brc1ccc2c(c1)C1(c3cc(Br)ccc3N2c2ccccc2)c2ccccc2C(c2ccccc2)(c2ccccc2)c2ccccc21. The molecule has 0 saturated heterocycles. The fourth-order valence-corrected chi connectivity index (χ4v) is 9.17. The zero-order valence-electron chi connectivity index (χ0n) is 25.4. The standard InChI is InChI=1S/C44H29Br2N/c45-32-24-26-41-39(28-32)44(40-29-33(46)25-27-42(40)47(41)34-18-8-3-9-19-34)37-22-12-10-20-35(37)43(30-14-4-1-5-15-30,31-16-6-2-7-17-31)36-21-11-13-23-38(36)44/h1-29H. The molecule has 1 aliphatic carbocycles. The summed E-state index contributed by atoms with van der Waals surface area (Å²) in [5.41, 5.74) is 12.5. The molecule has 0 aromatic heterocycles. The van der Waals surface area contributed by atoms with Crippen LogP contribution < -0.4 is 4.90 Å². The molecule has 1 nitrogen and oxygen atoms in total. The van der Waals surface area contributed by atoms with Gasteiger partial charge in [0.1, 0.15) is 0 Å². The summed E-state index contributed by atoms with van der Waals surface area (Å²) in [4.78, 5) is 2.43. The normalized spacial score (nSPS) is 14.9. The highest BCUT2D eigenvalue weighted by Crippen LogP contribution is 2.65. The van der Waals surface area contributed by atoms with Crippen molar-refractivity contribution in [2.24, 2.45) is 0 Å². The van der Waals surface area contributed by atoms with Crippen molar-refractivity contribution in [3.05, 3.63) is 229 Å². The number of hydrogen-bond acceptors (Lipinski definition) is 1. The second kappa shape index (κ2) is 10.9. The van der Waals surface area contributed by atoms with Crippen molar-refractivity contribution < 1.29 is 0 Å². The Bertz CT molecular complexity index is 2130. The first-order valence-corrected chi connectivity index (χ1v) is 17.5. The zero-order chi connectivity index (χ0) is 31.6. The number of fused-ring (bicyclic) bond motifs is 8. The quantitative estimate of drug-likeness (QED) is 0.175. The van der Waals surface area contributed by atoms with Gasteiger partial charge in [-0.2, -0.15) is 0 Å². The molecule has 9 rings (SSSR count). The lowest BCUT2D eigenvalue weighted by Gasteiger charge is -2.54. The minimum Gasteiger partial charge on any atom is -0.310 e. The summed E-state index contributed by atoms with van der Waals surface area (Å²) in [6, 6.07) is 64.8. The maximum atomic E-state index is 3.92. The van der Waals surface area contributed by atoms with E-state index in [0.29, 0.717) is 0 Å². The van der Waals surface area contributed by atoms with Crippen LogP contribution in [0.3, 0.4) is 0 Å². The molecule has 47 heavy (non-hydrogen) atoms. The van der Waals surface area contributed by atoms with Crippen molar-refractivity contribution in [2.75, 3.05) is 4.90 Å². The lowest BCUT2D eigenvalue weighted by atomic mass is 9.50. The molecule has 0 atom stereocenters. The predicted molar refractivity (Wildman–Crippen MR) is 200 cm³/mol. The van der Waals surface area contributed by atoms with E-state index < -0.39 is 10.8 Å². The van der Waals surface area contributed by atoms with Gasteiger partial charge in [-0.3, -0.25) is 0 Å². The van der Waals surface area contributed by atoms with Gasteiger partial charge in [0.2, 0.25) is 0 Å². The van der Waals surface area contributed by atoms with Crippen LogP contribution in [-0.2, 0) is 10.8 Å². The highest BCUT2D eigenvalue weighted by Gasteiger charge is 2.56. The summed E-state index contributed by atoms with van der Waals surface area (Å²) in [7, 11) is 0. The molecule has 0 unspecified atom stereocenters. The minimum atomic E-state index is -0.607. The molecule has 0 amide bonds. The van der Waals surface area contributed by atoms with Crippen LogP contribution in [0.2, 0.25) is 0 Å². The van der Waals surface area contributed by atoms with Crippen LogP contribution in [-0.4, -0.2) is 0 Å². The Morgan fingerprint density at radius 3 is 1.13 bits per heavy atom. The van der Waals surface area contributed by atoms with Gasteiger partial charge in [0, 0.05) is 14.6 Å². The van der Waals surface area contributed by atoms with Crippen LogP contribution in [0, 0.1) is 0 Å². The van der Waals surface area contributed by atoms with E-state index in [4.69, 9.17) is 0 Å². The van der Waals surface area contributed by atoms with E-state index in [1.54, 1.807) is 0 Å².